The zero-order valence-electron chi connectivity index (χ0n) is 46.6. The Hall–Kier alpha value is -7.14. The van der Waals surface area contributed by atoms with Gasteiger partial charge in [-0.1, -0.05) is 35.3 Å². The summed E-state index contributed by atoms with van der Waals surface area (Å²) < 4.78 is 297. The zero-order valence-corrected chi connectivity index (χ0v) is 49.0. The van der Waals surface area contributed by atoms with Crippen molar-refractivity contribution in [1.29, 1.82) is 0 Å². The fourth-order valence-electron chi connectivity index (χ4n) is 11.0. The van der Waals surface area contributed by atoms with Crippen LogP contribution in [0.15, 0.2) is 63.2 Å². The second kappa shape index (κ2) is 25.7. The molecule has 4 aliphatic heterocycles. The summed E-state index contributed by atoms with van der Waals surface area (Å²) >= 11 is -0.714. The largest absolute Gasteiger partial charge is 0.388 e. The number of ether oxygens (including phenoxy) is 3. The minimum atomic E-state index is -2.73. The van der Waals surface area contributed by atoms with Gasteiger partial charge in [-0.25, -0.2) is 74.6 Å². The van der Waals surface area contributed by atoms with Crippen LogP contribution in [-0.2, 0) is 14.2 Å². The van der Waals surface area contributed by atoms with Gasteiger partial charge in [0, 0.05) is 66.5 Å². The summed E-state index contributed by atoms with van der Waals surface area (Å²) in [6.07, 6.45) is -17.9. The summed E-state index contributed by atoms with van der Waals surface area (Å²) in [7, 11) is 0. The molecule has 4 aromatic heterocycles. The zero-order chi connectivity index (χ0) is 68.6. The standard InChI is InChI=1S/C59H39F17N4O12S3/c60-31-27(32(61)40(69)41(70)39(31)68)23-12-1-3-14(77-12)24(28-33(62)42(71)54(43(72)34(28)63)93-57-51(87)48(84)20(81)9-90-57)16-5-7-18(79-16)26(30-37(66)46(75)56(47(76)38(30)67)95-59-53(89)50(86)22(83)11-92-59)19-8-6-17(80-19)25(15-4-2-13(23)78-15)29-35(64)44(73)55(45(74)36(29)65)94-58-52(88)49(85)21(82)10-91-58/h1-8,20-22,48-53,57-59,77-89H,9-11H2/t20-,21-,22-,48+,49+,50+,51-,52-,53-,57+,58+,59+/m1/s1. The molecule has 8 heterocycles. The molecule has 504 valence electrons. The SMILES string of the molecule is O[C@@H]1[C@@H](O)[C@H](Sc2c(F)c(F)c(C3=c4ccc([nH]4)=C(c4c(F)c(F)c(F)c(F)c4F)c4ccc([nH]4)C(c4c(F)c(F)c(S[C@@H]5OC[C@@H](O)[C@H](O)[C@H]5O)c(F)c4F)=c4ccc([nH]4)=C(c4c(F)c(F)c(S[C@@H]5OC[C@@H](O)[C@H](O)[C@H]5O)c(F)c4F)c4ccc3[nH]4)c(F)c2F)OC[C@H]1O. The van der Waals surface area contributed by atoms with E-state index in [2.05, 4.69) is 19.9 Å². The number of halogens is 17. The fraction of sp³-hybridized carbons (Fsp3) is 0.254. The second-order valence-electron chi connectivity index (χ2n) is 21.6. The Labute approximate surface area is 529 Å². The van der Waals surface area contributed by atoms with Crippen molar-refractivity contribution < 1.29 is 135 Å². The smallest absolute Gasteiger partial charge is 0.200 e. The highest BCUT2D eigenvalue weighted by Gasteiger charge is 2.45. The predicted octanol–water partition coefficient (Wildman–Crippen LogP) is 4.26. The van der Waals surface area contributed by atoms with Crippen molar-refractivity contribution in [2.75, 3.05) is 19.8 Å². The molecule has 12 atom stereocenters. The molecule has 4 aliphatic rings. The summed E-state index contributed by atoms with van der Waals surface area (Å²) in [5, 5.41) is 88.7. The van der Waals surface area contributed by atoms with E-state index >= 15 is 70.2 Å². The quantitative estimate of drug-likeness (QED) is 0.0518. The molecule has 0 amide bonds. The first-order valence-corrected chi connectivity index (χ1v) is 29.9. The monoisotopic (exact) mass is 1410 g/mol. The summed E-state index contributed by atoms with van der Waals surface area (Å²) in [6, 6.07) is 5.57. The van der Waals surface area contributed by atoms with Crippen molar-refractivity contribution in [2.45, 2.75) is 85.9 Å². The summed E-state index contributed by atoms with van der Waals surface area (Å²) in [5.41, 5.74) is -21.5. The molecule has 0 radical (unpaired) electrons. The van der Waals surface area contributed by atoms with Crippen LogP contribution in [0.25, 0.3) is 22.3 Å². The van der Waals surface area contributed by atoms with Gasteiger partial charge >= 0.3 is 0 Å². The molecule has 12 rings (SSSR count). The van der Waals surface area contributed by atoms with E-state index in [1.54, 1.807) is 0 Å². The maximum absolute atomic E-state index is 17.3. The molecule has 36 heteroatoms. The van der Waals surface area contributed by atoms with Crippen molar-refractivity contribution in [1.82, 2.24) is 19.9 Å². The second-order valence-corrected chi connectivity index (χ2v) is 24.9. The van der Waals surface area contributed by atoms with E-state index in [1.807, 2.05) is 0 Å². The lowest BCUT2D eigenvalue weighted by molar-refractivity contribution is -0.161. The summed E-state index contributed by atoms with van der Waals surface area (Å²) in [6.45, 7) is -2.37. The van der Waals surface area contributed by atoms with Crippen LogP contribution in [0.5, 0.6) is 0 Å². The van der Waals surface area contributed by atoms with Crippen molar-refractivity contribution in [3.05, 3.63) is 214 Å². The van der Waals surface area contributed by atoms with E-state index < -0.39 is 293 Å². The number of rotatable bonds is 10. The highest BCUT2D eigenvalue weighted by Crippen LogP contribution is 2.45. The number of aromatic amines is 4. The van der Waals surface area contributed by atoms with Gasteiger partial charge in [0.05, 0.1) is 56.8 Å². The van der Waals surface area contributed by atoms with Gasteiger partial charge in [0.1, 0.15) is 71.2 Å². The first kappa shape index (κ1) is 67.8. The lowest BCUT2D eigenvalue weighted by Gasteiger charge is -2.34. The van der Waals surface area contributed by atoms with E-state index in [0.29, 0.717) is 48.5 Å². The number of hydrogen-bond donors (Lipinski definition) is 13. The van der Waals surface area contributed by atoms with Gasteiger partial charge in [0.2, 0.25) is 5.82 Å². The number of aromatic nitrogens is 4. The van der Waals surface area contributed by atoms with Crippen molar-refractivity contribution in [3.8, 4) is 0 Å². The van der Waals surface area contributed by atoms with Crippen LogP contribution in [0, 0.1) is 98.9 Å². The fourth-order valence-corrected chi connectivity index (χ4v) is 14.2. The lowest BCUT2D eigenvalue weighted by Crippen LogP contribution is -2.51. The number of benzene rings is 4. The minimum absolute atomic E-state index is 0.238. The maximum atomic E-state index is 17.3. The Morgan fingerprint density at radius 2 is 0.463 bits per heavy atom. The first-order chi connectivity index (χ1) is 44.9. The Bertz CT molecular complexity index is 4630. The van der Waals surface area contributed by atoms with E-state index in [-0.39, 0.29) is 35.3 Å². The van der Waals surface area contributed by atoms with Gasteiger partial charge < -0.3 is 80.1 Å². The minimum Gasteiger partial charge on any atom is -0.388 e. The third kappa shape index (κ3) is 11.2. The molecule has 16 nitrogen and oxygen atoms in total. The maximum Gasteiger partial charge on any atom is 0.200 e. The number of nitrogens with one attached hydrogen (secondary N) is 4. The Balaban J connectivity index is 1.18. The average molecular weight is 1420 g/mol. The van der Waals surface area contributed by atoms with E-state index in [0.717, 1.165) is 0 Å². The van der Waals surface area contributed by atoms with Gasteiger partial charge in [-0.05, 0) is 48.5 Å². The highest BCUT2D eigenvalue weighted by atomic mass is 32.2. The molecular weight excluding hydrogens is 1380 g/mol. The molecule has 3 saturated heterocycles. The molecule has 13 N–H and O–H groups in total. The Kier molecular flexibility index (Phi) is 18.3. The Morgan fingerprint density at radius 3 is 0.684 bits per heavy atom. The molecule has 0 saturated carbocycles. The third-order valence-corrected chi connectivity index (χ3v) is 19.6. The average Bonchev–Trinajstić information content (AvgIpc) is 1.65. The molecule has 8 aromatic rings. The van der Waals surface area contributed by atoms with Crippen molar-refractivity contribution in [2.24, 2.45) is 0 Å². The van der Waals surface area contributed by atoms with Crippen LogP contribution in [0.2, 0.25) is 0 Å². The molecule has 3 fully saturated rings. The first-order valence-electron chi connectivity index (χ1n) is 27.3. The van der Waals surface area contributed by atoms with E-state index in [9.17, 15) is 50.3 Å². The number of hydrogen-bond acceptors (Lipinski definition) is 15. The molecule has 4 aromatic carbocycles. The highest BCUT2D eigenvalue weighted by molar-refractivity contribution is 8.00. The van der Waals surface area contributed by atoms with Gasteiger partial charge in [0.15, 0.2) is 93.1 Å². The van der Waals surface area contributed by atoms with Crippen LogP contribution in [0.4, 0.5) is 74.6 Å². The molecular formula is C59H39F17N4O12S3. The topological polar surface area (TPSA) is 273 Å². The predicted molar refractivity (Wildman–Crippen MR) is 294 cm³/mol. The van der Waals surface area contributed by atoms with Crippen LogP contribution in [0.3, 0.4) is 0 Å². The van der Waals surface area contributed by atoms with Crippen LogP contribution in [-0.4, -0.2) is 157 Å². The molecule has 8 bridgehead atoms. The molecule has 0 aliphatic carbocycles. The van der Waals surface area contributed by atoms with Gasteiger partial charge in [-0.2, -0.15) is 0 Å². The number of H-pyrrole nitrogens is 4. The van der Waals surface area contributed by atoms with Crippen LogP contribution in [0.1, 0.15) is 45.0 Å². The third-order valence-electron chi connectivity index (χ3n) is 15.8. The Morgan fingerprint density at radius 1 is 0.263 bits per heavy atom. The van der Waals surface area contributed by atoms with Gasteiger partial charge in [-0.3, -0.25) is 0 Å². The number of fused-ring (bicyclic) bond motifs is 8. The normalized spacial score (nSPS) is 24.9. The molecule has 0 spiro atoms. The van der Waals surface area contributed by atoms with Gasteiger partial charge in [-0.15, -0.1) is 0 Å². The molecule has 0 unspecified atom stereocenters. The van der Waals surface area contributed by atoms with E-state index in [1.165, 1.54) is 0 Å². The lowest BCUT2D eigenvalue weighted by atomic mass is 10.00. The molecule has 95 heavy (non-hydrogen) atoms. The number of aliphatic hydroxyl groups excluding tert-OH is 9. The summed E-state index contributed by atoms with van der Waals surface area (Å²) in [4.78, 5) is 4.85. The van der Waals surface area contributed by atoms with Crippen LogP contribution >= 0.6 is 35.3 Å². The number of thioether (sulfide) groups is 3. The van der Waals surface area contributed by atoms with Crippen LogP contribution < -0.4 is 21.4 Å². The van der Waals surface area contributed by atoms with Crippen molar-refractivity contribution in [3.63, 3.8) is 0 Å². The number of aliphatic hydroxyl groups is 9. The van der Waals surface area contributed by atoms with Gasteiger partial charge in [0.25, 0.3) is 0 Å². The van der Waals surface area contributed by atoms with Crippen molar-refractivity contribution >= 4 is 57.6 Å². The summed E-state index contributed by atoms with van der Waals surface area (Å²) in [5.74, 6) is -41.2. The van der Waals surface area contributed by atoms with E-state index in [4.69, 9.17) is 14.2 Å².